The first-order valence-corrected chi connectivity index (χ1v) is 28.6. The highest BCUT2D eigenvalue weighted by Crippen LogP contribution is 2.17. The Morgan fingerprint density at radius 1 is 0.438 bits per heavy atom. The number of nitrogens with one attached hydrogen (secondary N) is 1. The lowest BCUT2D eigenvalue weighted by Crippen LogP contribution is -2.45. The third-order valence-electron chi connectivity index (χ3n) is 13.2. The molecule has 6 heteroatoms. The molecule has 0 saturated carbocycles. The molecule has 0 rings (SSSR count). The fourth-order valence-corrected chi connectivity index (χ4v) is 8.85. The Morgan fingerprint density at radius 2 is 0.812 bits per heavy atom. The van der Waals surface area contributed by atoms with E-state index in [0.717, 1.165) is 51.4 Å². The van der Waals surface area contributed by atoms with Gasteiger partial charge in [0, 0.05) is 12.8 Å². The molecule has 378 valence electrons. The molecule has 0 aliphatic heterocycles. The zero-order valence-corrected chi connectivity index (χ0v) is 43.0. The Morgan fingerprint density at radius 3 is 1.25 bits per heavy atom. The molecule has 2 unspecified atom stereocenters. The summed E-state index contributed by atoms with van der Waals surface area (Å²) in [5, 5.41) is 23.2. The SMILES string of the molecule is CCC/C=C\C/C=C\CCCCCCCC(=O)OCCCCCCCCCCCCCCCCCCCCCCCCC(=O)NC(CO)C(O)CCCCCCCCCCCCCC. The van der Waals surface area contributed by atoms with Crippen LogP contribution in [0, 0.1) is 0 Å². The number of amides is 1. The van der Waals surface area contributed by atoms with Crippen LogP contribution in [0.15, 0.2) is 24.3 Å². The van der Waals surface area contributed by atoms with E-state index in [9.17, 15) is 19.8 Å². The quantitative estimate of drug-likeness (QED) is 0.0321. The van der Waals surface area contributed by atoms with Crippen molar-refractivity contribution in [1.29, 1.82) is 0 Å². The van der Waals surface area contributed by atoms with Crippen LogP contribution in [0.1, 0.15) is 309 Å². The minimum absolute atomic E-state index is 0.00210. The molecule has 0 aliphatic rings. The Hall–Kier alpha value is -1.66. The van der Waals surface area contributed by atoms with Gasteiger partial charge in [-0.05, 0) is 51.4 Å². The van der Waals surface area contributed by atoms with Gasteiger partial charge in [-0.1, -0.05) is 269 Å². The standard InChI is InChI=1S/C58H111NO5/c1-3-5-7-9-11-13-15-27-32-36-40-44-48-52-58(63)64-53-49-45-41-37-33-29-26-24-22-20-18-17-19-21-23-25-28-31-35-39-43-47-51-57(62)59-55(54-60)56(61)50-46-42-38-34-30-16-14-12-10-8-6-4-2/h7,9,13,15,55-56,60-61H,3-6,8,10-12,14,16-54H2,1-2H3,(H,59,62)/b9-7-,15-13-. The Kier molecular flexibility index (Phi) is 52.6. The summed E-state index contributed by atoms with van der Waals surface area (Å²) in [7, 11) is 0. The van der Waals surface area contributed by atoms with Gasteiger partial charge in [-0.3, -0.25) is 9.59 Å². The number of aliphatic hydroxyl groups excluding tert-OH is 2. The molecule has 0 aromatic heterocycles. The Balaban J connectivity index is 3.37. The summed E-state index contributed by atoms with van der Waals surface area (Å²) in [5.41, 5.74) is 0. The third kappa shape index (κ3) is 49.8. The molecule has 2 atom stereocenters. The summed E-state index contributed by atoms with van der Waals surface area (Å²) >= 11 is 0. The maximum absolute atomic E-state index is 12.4. The molecule has 0 radical (unpaired) electrons. The van der Waals surface area contributed by atoms with Crippen LogP contribution in [-0.2, 0) is 14.3 Å². The zero-order valence-electron chi connectivity index (χ0n) is 43.0. The van der Waals surface area contributed by atoms with Crippen molar-refractivity contribution in [2.24, 2.45) is 0 Å². The van der Waals surface area contributed by atoms with Crippen LogP contribution < -0.4 is 5.32 Å². The van der Waals surface area contributed by atoms with E-state index in [1.54, 1.807) is 0 Å². The monoisotopic (exact) mass is 902 g/mol. The lowest BCUT2D eigenvalue weighted by atomic mass is 10.0. The number of hydrogen-bond acceptors (Lipinski definition) is 5. The van der Waals surface area contributed by atoms with Crippen LogP contribution >= 0.6 is 0 Å². The number of unbranched alkanes of at least 4 members (excludes halogenated alkanes) is 38. The first kappa shape index (κ1) is 62.3. The lowest BCUT2D eigenvalue weighted by Gasteiger charge is -2.22. The van der Waals surface area contributed by atoms with Gasteiger partial charge < -0.3 is 20.3 Å². The average molecular weight is 903 g/mol. The van der Waals surface area contributed by atoms with E-state index in [4.69, 9.17) is 4.74 Å². The van der Waals surface area contributed by atoms with E-state index in [2.05, 4.69) is 43.5 Å². The summed E-state index contributed by atoms with van der Waals surface area (Å²) in [6.45, 7) is 4.88. The van der Waals surface area contributed by atoms with Crippen LogP contribution in [0.2, 0.25) is 0 Å². The van der Waals surface area contributed by atoms with E-state index < -0.39 is 12.1 Å². The fraction of sp³-hybridized carbons (Fsp3) is 0.897. The first-order valence-electron chi connectivity index (χ1n) is 28.6. The van der Waals surface area contributed by atoms with Crippen LogP contribution in [-0.4, -0.2) is 47.4 Å². The van der Waals surface area contributed by atoms with Crippen LogP contribution in [0.3, 0.4) is 0 Å². The molecular weight excluding hydrogens is 791 g/mol. The molecule has 0 aromatic carbocycles. The third-order valence-corrected chi connectivity index (χ3v) is 13.2. The molecule has 0 aromatic rings. The Bertz CT molecular complexity index is 997. The molecule has 0 fully saturated rings. The van der Waals surface area contributed by atoms with Crippen molar-refractivity contribution in [3.05, 3.63) is 24.3 Å². The molecule has 0 saturated heterocycles. The zero-order chi connectivity index (χ0) is 46.5. The lowest BCUT2D eigenvalue weighted by molar-refractivity contribution is -0.143. The second-order valence-corrected chi connectivity index (χ2v) is 19.6. The number of hydrogen-bond donors (Lipinski definition) is 3. The molecule has 3 N–H and O–H groups in total. The molecule has 1 amide bonds. The number of aliphatic hydroxyl groups is 2. The number of esters is 1. The molecule has 0 aliphatic carbocycles. The van der Waals surface area contributed by atoms with Gasteiger partial charge in [-0.15, -0.1) is 0 Å². The largest absolute Gasteiger partial charge is 0.466 e. The van der Waals surface area contributed by atoms with Crippen molar-refractivity contribution in [3.8, 4) is 0 Å². The van der Waals surface area contributed by atoms with Gasteiger partial charge in [-0.2, -0.15) is 0 Å². The number of carbonyl (C=O) groups excluding carboxylic acids is 2. The highest BCUT2D eigenvalue weighted by atomic mass is 16.5. The van der Waals surface area contributed by atoms with Gasteiger partial charge in [0.2, 0.25) is 5.91 Å². The fourth-order valence-electron chi connectivity index (χ4n) is 8.85. The smallest absolute Gasteiger partial charge is 0.305 e. The minimum atomic E-state index is -0.663. The second-order valence-electron chi connectivity index (χ2n) is 19.6. The molecule has 64 heavy (non-hydrogen) atoms. The summed E-state index contributed by atoms with van der Waals surface area (Å²) in [6, 6.07) is -0.540. The topological polar surface area (TPSA) is 95.9 Å². The van der Waals surface area contributed by atoms with Crippen LogP contribution in [0.5, 0.6) is 0 Å². The van der Waals surface area contributed by atoms with Crippen LogP contribution in [0.25, 0.3) is 0 Å². The van der Waals surface area contributed by atoms with Gasteiger partial charge in [0.1, 0.15) is 0 Å². The summed E-state index contributed by atoms with van der Waals surface area (Å²) in [4.78, 5) is 24.5. The minimum Gasteiger partial charge on any atom is -0.466 e. The number of allylic oxidation sites excluding steroid dienone is 4. The molecule has 0 heterocycles. The van der Waals surface area contributed by atoms with Crippen molar-refractivity contribution in [3.63, 3.8) is 0 Å². The highest BCUT2D eigenvalue weighted by molar-refractivity contribution is 5.76. The maximum atomic E-state index is 12.4. The summed E-state index contributed by atoms with van der Waals surface area (Å²) in [6.07, 6.45) is 64.6. The predicted octanol–water partition coefficient (Wildman–Crippen LogP) is 17.5. The van der Waals surface area contributed by atoms with Crippen molar-refractivity contribution < 1.29 is 24.5 Å². The van der Waals surface area contributed by atoms with E-state index in [0.29, 0.717) is 25.9 Å². The van der Waals surface area contributed by atoms with Gasteiger partial charge in [-0.25, -0.2) is 0 Å². The van der Waals surface area contributed by atoms with Gasteiger partial charge in [0.05, 0.1) is 25.4 Å². The van der Waals surface area contributed by atoms with E-state index in [1.807, 2.05) is 0 Å². The number of rotatable bonds is 53. The van der Waals surface area contributed by atoms with Gasteiger partial charge >= 0.3 is 5.97 Å². The summed E-state index contributed by atoms with van der Waals surface area (Å²) in [5.74, 6) is -0.0373. The van der Waals surface area contributed by atoms with Gasteiger partial charge in [0.15, 0.2) is 0 Å². The molecule has 0 spiro atoms. The second kappa shape index (κ2) is 54.0. The number of carbonyl (C=O) groups is 2. The van der Waals surface area contributed by atoms with Crippen molar-refractivity contribution in [1.82, 2.24) is 5.32 Å². The van der Waals surface area contributed by atoms with E-state index in [1.165, 1.54) is 225 Å². The maximum Gasteiger partial charge on any atom is 0.305 e. The van der Waals surface area contributed by atoms with Crippen LogP contribution in [0.4, 0.5) is 0 Å². The number of ether oxygens (including phenoxy) is 1. The summed E-state index contributed by atoms with van der Waals surface area (Å²) < 4.78 is 5.46. The molecule has 0 bridgehead atoms. The first-order chi connectivity index (χ1) is 31.5. The highest BCUT2D eigenvalue weighted by Gasteiger charge is 2.20. The van der Waals surface area contributed by atoms with Crippen molar-refractivity contribution >= 4 is 11.9 Å². The van der Waals surface area contributed by atoms with Crippen molar-refractivity contribution in [2.45, 2.75) is 321 Å². The average Bonchev–Trinajstić information content (AvgIpc) is 3.29. The van der Waals surface area contributed by atoms with E-state index >= 15 is 0 Å². The predicted molar refractivity (Wildman–Crippen MR) is 278 cm³/mol. The molecule has 6 nitrogen and oxygen atoms in total. The Labute approximate surface area is 399 Å². The normalized spacial score (nSPS) is 12.8. The van der Waals surface area contributed by atoms with Crippen molar-refractivity contribution in [2.75, 3.05) is 13.2 Å². The van der Waals surface area contributed by atoms with E-state index in [-0.39, 0.29) is 18.5 Å². The molecular formula is C58H111NO5. The van der Waals surface area contributed by atoms with Gasteiger partial charge in [0.25, 0.3) is 0 Å².